The molecule has 0 radical (unpaired) electrons. The second-order valence-corrected chi connectivity index (χ2v) is 6.31. The Hall–Kier alpha value is -2.82. The molecule has 1 aromatic carbocycles. The number of carboxylic acid groups (broad SMARTS) is 2. The summed E-state index contributed by atoms with van der Waals surface area (Å²) in [5.74, 6) is -3.58. The molecule has 152 valence electrons. The molecule has 7 nitrogen and oxygen atoms in total. The third-order valence-electron chi connectivity index (χ3n) is 3.35. The Bertz CT molecular complexity index is 840. The van der Waals surface area contributed by atoms with Crippen molar-refractivity contribution in [2.75, 3.05) is 12.0 Å². The maximum atomic E-state index is 12.3. The molecule has 11 heteroatoms. The number of benzene rings is 1. The van der Waals surface area contributed by atoms with Gasteiger partial charge >= 0.3 is 18.1 Å². The molecule has 0 bridgehead atoms. The number of halogens is 3. The van der Waals surface area contributed by atoms with Crippen LogP contribution in [0.1, 0.15) is 16.9 Å². The normalized spacial score (nSPS) is 11.9. The number of alkyl halides is 3. The Morgan fingerprint density at radius 1 is 1.18 bits per heavy atom. The van der Waals surface area contributed by atoms with Crippen molar-refractivity contribution in [3.8, 4) is 0 Å². The number of nitrogens with one attached hydrogen (secondary N) is 1. The average Bonchev–Trinajstić information content (AvgIpc) is 2.64. The molecule has 0 aliphatic rings. The lowest BCUT2D eigenvalue weighted by molar-refractivity contribution is -0.192. The van der Waals surface area contributed by atoms with Crippen molar-refractivity contribution in [3.05, 3.63) is 42.2 Å². The zero-order chi connectivity index (χ0) is 21.3. The van der Waals surface area contributed by atoms with Crippen LogP contribution in [0.5, 0.6) is 0 Å². The number of thioether (sulfide) groups is 1. The lowest BCUT2D eigenvalue weighted by Crippen LogP contribution is -2.41. The van der Waals surface area contributed by atoms with Gasteiger partial charge in [-0.05, 0) is 29.9 Å². The molecule has 2 aromatic rings. The SMILES string of the molecule is CSCCC(NC(=O)c1nccc2ccccc12)C(=O)O.O=C(O)C(F)(F)F. The van der Waals surface area contributed by atoms with Gasteiger partial charge in [-0.2, -0.15) is 24.9 Å². The highest BCUT2D eigenvalue weighted by molar-refractivity contribution is 7.98. The van der Waals surface area contributed by atoms with E-state index in [4.69, 9.17) is 15.0 Å². The van der Waals surface area contributed by atoms with Gasteiger partial charge in [-0.1, -0.05) is 24.3 Å². The molecule has 1 heterocycles. The van der Waals surface area contributed by atoms with E-state index in [1.54, 1.807) is 24.0 Å². The first kappa shape index (κ1) is 23.2. The van der Waals surface area contributed by atoms with Gasteiger partial charge in [-0.15, -0.1) is 0 Å². The molecule has 0 spiro atoms. The summed E-state index contributed by atoms with van der Waals surface area (Å²) in [6.45, 7) is 0. The molecule has 1 aromatic heterocycles. The summed E-state index contributed by atoms with van der Waals surface area (Å²) in [6, 6.07) is 8.30. The minimum Gasteiger partial charge on any atom is -0.480 e. The number of aromatic nitrogens is 1. The molecule has 0 fully saturated rings. The van der Waals surface area contributed by atoms with E-state index in [0.717, 1.165) is 5.39 Å². The Kier molecular flexibility index (Phi) is 8.71. The van der Waals surface area contributed by atoms with Gasteiger partial charge in [0.2, 0.25) is 0 Å². The van der Waals surface area contributed by atoms with Crippen molar-refractivity contribution in [2.24, 2.45) is 0 Å². The highest BCUT2D eigenvalue weighted by Crippen LogP contribution is 2.16. The molecule has 2 rings (SSSR count). The molecular formula is C17H17F3N2O5S. The molecule has 0 saturated carbocycles. The van der Waals surface area contributed by atoms with Gasteiger partial charge < -0.3 is 15.5 Å². The Morgan fingerprint density at radius 3 is 2.32 bits per heavy atom. The number of carbonyl (C=O) groups is 3. The van der Waals surface area contributed by atoms with Crippen LogP contribution in [0, 0.1) is 0 Å². The first-order valence-corrected chi connectivity index (χ1v) is 9.13. The second-order valence-electron chi connectivity index (χ2n) is 5.33. The highest BCUT2D eigenvalue weighted by Gasteiger charge is 2.38. The Labute approximate surface area is 162 Å². The van der Waals surface area contributed by atoms with E-state index in [0.29, 0.717) is 17.6 Å². The van der Waals surface area contributed by atoms with E-state index in [-0.39, 0.29) is 5.69 Å². The number of amides is 1. The zero-order valence-electron chi connectivity index (χ0n) is 14.6. The fourth-order valence-corrected chi connectivity index (χ4v) is 2.49. The molecule has 0 saturated heterocycles. The predicted molar refractivity (Wildman–Crippen MR) is 97.3 cm³/mol. The third kappa shape index (κ3) is 7.06. The van der Waals surface area contributed by atoms with E-state index in [1.807, 2.05) is 30.5 Å². The van der Waals surface area contributed by atoms with Gasteiger partial charge in [0, 0.05) is 11.6 Å². The maximum Gasteiger partial charge on any atom is 0.490 e. The van der Waals surface area contributed by atoms with Gasteiger partial charge in [0.05, 0.1) is 0 Å². The maximum absolute atomic E-state index is 12.3. The fraction of sp³-hybridized carbons (Fsp3) is 0.294. The van der Waals surface area contributed by atoms with Crippen molar-refractivity contribution >= 4 is 40.4 Å². The van der Waals surface area contributed by atoms with Gasteiger partial charge in [-0.25, -0.2) is 9.59 Å². The van der Waals surface area contributed by atoms with Crippen LogP contribution in [-0.2, 0) is 9.59 Å². The number of aliphatic carboxylic acids is 2. The second kappa shape index (κ2) is 10.5. The monoisotopic (exact) mass is 418 g/mol. The van der Waals surface area contributed by atoms with Crippen LogP contribution in [0.4, 0.5) is 13.2 Å². The smallest absolute Gasteiger partial charge is 0.480 e. The number of fused-ring (bicyclic) bond motifs is 1. The van der Waals surface area contributed by atoms with Crippen LogP contribution in [0.2, 0.25) is 0 Å². The van der Waals surface area contributed by atoms with Crippen molar-refractivity contribution in [1.29, 1.82) is 0 Å². The summed E-state index contributed by atoms with van der Waals surface area (Å²) in [5, 5.41) is 20.4. The number of rotatable bonds is 6. The van der Waals surface area contributed by atoms with E-state index >= 15 is 0 Å². The number of nitrogens with zero attached hydrogens (tertiary/aromatic N) is 1. The van der Waals surface area contributed by atoms with Crippen molar-refractivity contribution in [2.45, 2.75) is 18.6 Å². The summed E-state index contributed by atoms with van der Waals surface area (Å²) >= 11 is 1.54. The van der Waals surface area contributed by atoms with Gasteiger partial charge in [-0.3, -0.25) is 9.78 Å². The first-order chi connectivity index (χ1) is 13.1. The minimum atomic E-state index is -5.08. The van der Waals surface area contributed by atoms with Gasteiger partial charge in [0.1, 0.15) is 11.7 Å². The van der Waals surface area contributed by atoms with Crippen LogP contribution in [0.3, 0.4) is 0 Å². The van der Waals surface area contributed by atoms with E-state index in [2.05, 4.69) is 10.3 Å². The molecule has 3 N–H and O–H groups in total. The van der Waals surface area contributed by atoms with Crippen molar-refractivity contribution in [3.63, 3.8) is 0 Å². The lowest BCUT2D eigenvalue weighted by Gasteiger charge is -2.14. The predicted octanol–water partition coefficient (Wildman–Crippen LogP) is 2.80. The molecule has 0 aliphatic carbocycles. The fourth-order valence-electron chi connectivity index (χ4n) is 2.02. The van der Waals surface area contributed by atoms with E-state index in [9.17, 15) is 22.8 Å². The summed E-state index contributed by atoms with van der Waals surface area (Å²) in [6.07, 6.45) is -1.26. The van der Waals surface area contributed by atoms with Crippen molar-refractivity contribution in [1.82, 2.24) is 10.3 Å². The van der Waals surface area contributed by atoms with Crippen LogP contribution >= 0.6 is 11.8 Å². The summed E-state index contributed by atoms with van der Waals surface area (Å²) in [4.78, 5) is 36.5. The standard InChI is InChI=1S/C15H16N2O3S.C2HF3O2/c1-21-9-7-12(15(19)20)17-14(18)13-11-5-3-2-4-10(11)6-8-16-13;3-2(4,5)1(6)7/h2-6,8,12H,7,9H2,1H3,(H,17,18)(H,19,20);(H,6,7). The zero-order valence-corrected chi connectivity index (χ0v) is 15.4. The molecule has 1 unspecified atom stereocenters. The van der Waals surface area contributed by atoms with Gasteiger partial charge in [0.15, 0.2) is 0 Å². The Morgan fingerprint density at radius 2 is 1.79 bits per heavy atom. The summed E-state index contributed by atoms with van der Waals surface area (Å²) in [5.41, 5.74) is 0.253. The van der Waals surface area contributed by atoms with E-state index < -0.39 is 30.1 Å². The van der Waals surface area contributed by atoms with Crippen LogP contribution in [-0.4, -0.2) is 57.3 Å². The molecule has 28 heavy (non-hydrogen) atoms. The highest BCUT2D eigenvalue weighted by atomic mass is 32.2. The quantitative estimate of drug-likeness (QED) is 0.660. The average molecular weight is 418 g/mol. The number of hydrogen-bond donors (Lipinski definition) is 3. The lowest BCUT2D eigenvalue weighted by atomic mass is 10.1. The van der Waals surface area contributed by atoms with Crippen LogP contribution in [0.15, 0.2) is 36.5 Å². The van der Waals surface area contributed by atoms with Gasteiger partial charge in [0.25, 0.3) is 5.91 Å². The van der Waals surface area contributed by atoms with Crippen molar-refractivity contribution < 1.29 is 37.8 Å². The number of carbonyl (C=O) groups excluding carboxylic acids is 1. The van der Waals surface area contributed by atoms with Crippen LogP contribution in [0.25, 0.3) is 10.8 Å². The molecular weight excluding hydrogens is 401 g/mol. The summed E-state index contributed by atoms with van der Waals surface area (Å²) < 4.78 is 31.7. The summed E-state index contributed by atoms with van der Waals surface area (Å²) in [7, 11) is 0. The largest absolute Gasteiger partial charge is 0.490 e. The number of pyridine rings is 1. The van der Waals surface area contributed by atoms with Crippen LogP contribution < -0.4 is 5.32 Å². The molecule has 1 amide bonds. The van der Waals surface area contributed by atoms with E-state index in [1.165, 1.54) is 0 Å². The number of carboxylic acids is 2. The first-order valence-electron chi connectivity index (χ1n) is 7.74. The number of hydrogen-bond acceptors (Lipinski definition) is 5. The molecule has 0 aliphatic heterocycles. The third-order valence-corrected chi connectivity index (χ3v) is 3.99. The Balaban J connectivity index is 0.000000480. The minimum absolute atomic E-state index is 0.253. The molecule has 1 atom stereocenters. The topological polar surface area (TPSA) is 117 Å².